The van der Waals surface area contributed by atoms with Crippen molar-refractivity contribution >= 4 is 43.7 Å². The van der Waals surface area contributed by atoms with Gasteiger partial charge in [-0.2, -0.15) is 0 Å². The van der Waals surface area contributed by atoms with E-state index in [-0.39, 0.29) is 0 Å². The highest BCUT2D eigenvalue weighted by atomic mass is 79.9. The summed E-state index contributed by atoms with van der Waals surface area (Å²) in [5.74, 6) is 0. The lowest BCUT2D eigenvalue weighted by atomic mass is 10.5. The molecule has 2 heterocycles. The van der Waals surface area contributed by atoms with Gasteiger partial charge in [0.25, 0.3) is 0 Å². The summed E-state index contributed by atoms with van der Waals surface area (Å²) in [4.78, 5) is 1.30. The van der Waals surface area contributed by atoms with Gasteiger partial charge in [-0.25, -0.2) is 0 Å². The average molecular weight is 276 g/mol. The number of anilines is 1. The zero-order chi connectivity index (χ0) is 9.10. The Bertz CT molecular complexity index is 371. The van der Waals surface area contributed by atoms with E-state index in [1.54, 1.807) is 11.3 Å². The van der Waals surface area contributed by atoms with Crippen LogP contribution in [0.15, 0.2) is 21.4 Å². The van der Waals surface area contributed by atoms with Crippen LogP contribution >= 0.6 is 38.6 Å². The molecule has 1 N–H and O–H groups in total. The number of nitrogens with zero attached hydrogens (tertiary/aromatic N) is 2. The Hall–Kier alpha value is -0.460. The van der Waals surface area contributed by atoms with E-state index in [0.29, 0.717) is 0 Å². The first-order valence-electron chi connectivity index (χ1n) is 3.60. The second-order valence-electron chi connectivity index (χ2n) is 2.29. The van der Waals surface area contributed by atoms with Crippen molar-refractivity contribution in [2.24, 2.45) is 0 Å². The predicted octanol–water partition coefficient (Wildman–Crippen LogP) is 2.97. The van der Waals surface area contributed by atoms with Crippen LogP contribution < -0.4 is 5.32 Å². The van der Waals surface area contributed by atoms with Crippen LogP contribution in [0.3, 0.4) is 0 Å². The summed E-state index contributed by atoms with van der Waals surface area (Å²) in [5.41, 5.74) is 0. The fraction of sp³-hybridized carbons (Fsp3) is 0.143. The summed E-state index contributed by atoms with van der Waals surface area (Å²) in [6.45, 7) is 0.819. The molecule has 0 aliphatic carbocycles. The van der Waals surface area contributed by atoms with Crippen LogP contribution in [-0.2, 0) is 6.54 Å². The van der Waals surface area contributed by atoms with Gasteiger partial charge in [-0.3, -0.25) is 0 Å². The first-order valence-corrected chi connectivity index (χ1v) is 6.09. The van der Waals surface area contributed by atoms with E-state index in [4.69, 9.17) is 0 Å². The Balaban J connectivity index is 1.93. The monoisotopic (exact) mass is 275 g/mol. The molecule has 0 aliphatic heterocycles. The minimum atomic E-state index is 0.807. The Morgan fingerprint density at radius 3 is 3.00 bits per heavy atom. The zero-order valence-corrected chi connectivity index (χ0v) is 9.75. The fourth-order valence-corrected chi connectivity index (χ4v) is 2.50. The molecule has 0 fully saturated rings. The zero-order valence-electron chi connectivity index (χ0n) is 6.53. The van der Waals surface area contributed by atoms with Gasteiger partial charge in [0.2, 0.25) is 5.13 Å². The van der Waals surface area contributed by atoms with Gasteiger partial charge in [0.15, 0.2) is 3.92 Å². The molecule has 0 spiro atoms. The molecule has 0 saturated carbocycles. The molecular formula is C7H6BrN3S2. The molecule has 0 aliphatic rings. The van der Waals surface area contributed by atoms with Crippen molar-refractivity contribution < 1.29 is 0 Å². The van der Waals surface area contributed by atoms with Crippen LogP contribution in [0.4, 0.5) is 5.13 Å². The molecule has 0 radical (unpaired) electrons. The number of hydrogen-bond donors (Lipinski definition) is 1. The number of rotatable bonds is 3. The van der Waals surface area contributed by atoms with Crippen molar-refractivity contribution in [3.8, 4) is 0 Å². The van der Waals surface area contributed by atoms with Crippen LogP contribution in [-0.4, -0.2) is 10.2 Å². The molecule has 0 aromatic carbocycles. The van der Waals surface area contributed by atoms with Crippen molar-refractivity contribution in [1.29, 1.82) is 0 Å². The van der Waals surface area contributed by atoms with Crippen molar-refractivity contribution in [1.82, 2.24) is 10.2 Å². The first-order chi connectivity index (χ1) is 6.34. The van der Waals surface area contributed by atoms with Crippen LogP contribution in [0.25, 0.3) is 0 Å². The lowest BCUT2D eigenvalue weighted by Crippen LogP contribution is -1.96. The molecule has 2 aromatic rings. The molecule has 0 atom stereocenters. The maximum absolute atomic E-state index is 3.93. The highest BCUT2D eigenvalue weighted by molar-refractivity contribution is 9.11. The molecule has 3 nitrogen and oxygen atoms in total. The van der Waals surface area contributed by atoms with Gasteiger partial charge in [-0.15, -0.1) is 21.5 Å². The fourth-order valence-electron chi connectivity index (χ4n) is 0.853. The molecule has 13 heavy (non-hydrogen) atoms. The van der Waals surface area contributed by atoms with Gasteiger partial charge in [0.05, 0.1) is 6.54 Å². The summed E-state index contributed by atoms with van der Waals surface area (Å²) in [5, 5.41) is 13.9. The molecule has 68 valence electrons. The van der Waals surface area contributed by atoms with E-state index in [0.717, 1.165) is 15.6 Å². The summed E-state index contributed by atoms with van der Waals surface area (Å²) in [6, 6.07) is 4.13. The quantitative estimate of drug-likeness (QED) is 0.936. The Labute approximate surface area is 92.0 Å². The van der Waals surface area contributed by atoms with E-state index in [9.17, 15) is 0 Å². The summed E-state index contributed by atoms with van der Waals surface area (Å²) in [7, 11) is 0. The van der Waals surface area contributed by atoms with Gasteiger partial charge < -0.3 is 5.32 Å². The van der Waals surface area contributed by atoms with Gasteiger partial charge in [0.1, 0.15) is 0 Å². The Morgan fingerprint density at radius 1 is 1.46 bits per heavy atom. The lowest BCUT2D eigenvalue weighted by Gasteiger charge is -1.96. The lowest BCUT2D eigenvalue weighted by molar-refractivity contribution is 1.05. The predicted molar refractivity (Wildman–Crippen MR) is 59.3 cm³/mol. The van der Waals surface area contributed by atoms with Gasteiger partial charge in [0, 0.05) is 4.88 Å². The molecule has 2 aromatic heterocycles. The number of aromatic nitrogens is 2. The van der Waals surface area contributed by atoms with Crippen molar-refractivity contribution in [3.05, 3.63) is 26.3 Å². The minimum absolute atomic E-state index is 0.807. The number of thiophene rings is 1. The average Bonchev–Trinajstić information content (AvgIpc) is 2.71. The summed E-state index contributed by atoms with van der Waals surface area (Å²) < 4.78 is 0.807. The van der Waals surface area contributed by atoms with Crippen LogP contribution in [0.5, 0.6) is 0 Å². The summed E-state index contributed by atoms with van der Waals surface area (Å²) >= 11 is 6.49. The molecule has 0 bridgehead atoms. The molecule has 2 rings (SSSR count). The van der Waals surface area contributed by atoms with Gasteiger partial charge in [-0.1, -0.05) is 17.4 Å². The molecule has 6 heteroatoms. The van der Waals surface area contributed by atoms with E-state index in [1.165, 1.54) is 16.2 Å². The Kier molecular flexibility index (Phi) is 2.92. The first kappa shape index (κ1) is 9.11. The van der Waals surface area contributed by atoms with E-state index in [1.807, 2.05) is 6.07 Å². The normalized spacial score (nSPS) is 10.2. The molecule has 0 unspecified atom stereocenters. The number of halogens is 1. The third kappa shape index (κ3) is 2.49. The van der Waals surface area contributed by atoms with Crippen LogP contribution in [0, 0.1) is 0 Å². The second kappa shape index (κ2) is 4.17. The van der Waals surface area contributed by atoms with E-state index < -0.39 is 0 Å². The molecule has 0 saturated heterocycles. The molecular weight excluding hydrogens is 270 g/mol. The van der Waals surface area contributed by atoms with Crippen molar-refractivity contribution in [2.45, 2.75) is 6.54 Å². The molecule has 0 amide bonds. The van der Waals surface area contributed by atoms with Crippen molar-refractivity contribution in [2.75, 3.05) is 5.32 Å². The number of hydrogen-bond acceptors (Lipinski definition) is 5. The topological polar surface area (TPSA) is 37.8 Å². The standard InChI is InChI=1S/C7H6BrN3S2/c8-6-10-11-7(13-6)9-4-5-2-1-3-12-5/h1-3H,4H2,(H,9,11). The summed E-state index contributed by atoms with van der Waals surface area (Å²) in [6.07, 6.45) is 0. The highest BCUT2D eigenvalue weighted by Crippen LogP contribution is 2.21. The SMILES string of the molecule is Brc1nnc(NCc2cccs2)s1. The van der Waals surface area contributed by atoms with Gasteiger partial charge >= 0.3 is 0 Å². The van der Waals surface area contributed by atoms with E-state index >= 15 is 0 Å². The maximum atomic E-state index is 3.93. The largest absolute Gasteiger partial charge is 0.355 e. The van der Waals surface area contributed by atoms with Crippen molar-refractivity contribution in [3.63, 3.8) is 0 Å². The van der Waals surface area contributed by atoms with Gasteiger partial charge in [-0.05, 0) is 27.4 Å². The maximum Gasteiger partial charge on any atom is 0.206 e. The third-order valence-corrected chi connectivity index (χ3v) is 3.58. The smallest absolute Gasteiger partial charge is 0.206 e. The van der Waals surface area contributed by atoms with E-state index in [2.05, 4.69) is 42.9 Å². The highest BCUT2D eigenvalue weighted by Gasteiger charge is 2.00. The number of nitrogens with one attached hydrogen (secondary N) is 1. The minimum Gasteiger partial charge on any atom is -0.355 e. The Morgan fingerprint density at radius 2 is 2.38 bits per heavy atom. The van der Waals surface area contributed by atoms with Crippen LogP contribution in [0.1, 0.15) is 4.88 Å². The third-order valence-electron chi connectivity index (χ3n) is 1.39. The van der Waals surface area contributed by atoms with Crippen LogP contribution in [0.2, 0.25) is 0 Å². The second-order valence-corrected chi connectivity index (χ2v) is 5.58.